The minimum atomic E-state index is -1.24. The Balaban J connectivity index is 0.000000212. The summed E-state index contributed by atoms with van der Waals surface area (Å²) in [5, 5.41) is 24.8. The average molecular weight is 1370 g/mol. The Bertz CT molecular complexity index is 4900. The minimum absolute atomic E-state index is 0.0203. The van der Waals surface area contributed by atoms with E-state index in [1.165, 1.54) is 30.2 Å². The van der Waals surface area contributed by atoms with Gasteiger partial charge in [-0.15, -0.1) is 10.2 Å². The third-order valence-electron chi connectivity index (χ3n) is 14.9. The number of unbranched alkanes of at least 4 members (excludes halogenated alkanes) is 1. The lowest BCUT2D eigenvalue weighted by Crippen LogP contribution is -2.38. The molecule has 0 radical (unpaired) electrons. The van der Waals surface area contributed by atoms with E-state index in [0.29, 0.717) is 59.2 Å². The second-order valence-electron chi connectivity index (χ2n) is 21.7. The van der Waals surface area contributed by atoms with E-state index in [1.807, 2.05) is 43.0 Å². The van der Waals surface area contributed by atoms with Crippen LogP contribution >= 0.6 is 23.2 Å². The SMILES string of the molecule is CCCCN(C)C(=O)OCCC#Cc1cn(Cc2ncc(C)c(OC)c2C)c2nc(N)nc(Cl)c12.COc1c(C)cnc(Cn2cc(C#CCCOC(=O)N(C)CCN(C)C(=O)c3ncn4c(=O)n(C)nnc34)c3c(Cl)nc(N)nc32)c1C.Cn1nnc2c(C(=O)O)ncn2c1=O. The number of aromatic nitrogens is 18. The van der Waals surface area contributed by atoms with Crippen molar-refractivity contribution in [2.75, 3.05) is 79.7 Å². The van der Waals surface area contributed by atoms with E-state index in [0.717, 1.165) is 82.5 Å². The molecule has 97 heavy (non-hydrogen) atoms. The predicted octanol–water partition coefficient (Wildman–Crippen LogP) is 4.32. The first-order valence-electron chi connectivity index (χ1n) is 29.7. The van der Waals surface area contributed by atoms with Crippen molar-refractivity contribution in [1.29, 1.82) is 0 Å². The second-order valence-corrected chi connectivity index (χ2v) is 22.4. The van der Waals surface area contributed by atoms with E-state index >= 15 is 0 Å². The fraction of sp³-hybridized carbons (Fsp3) is 0.377. The lowest BCUT2D eigenvalue weighted by molar-refractivity contribution is 0.0692. The number of carboxylic acid groups (broad SMARTS) is 1. The number of nitrogen functional groups attached to an aromatic ring is 2. The number of nitrogens with zero attached hydrogens (tertiary/aromatic N) is 21. The van der Waals surface area contributed by atoms with Gasteiger partial charge in [0, 0.05) is 115 Å². The van der Waals surface area contributed by atoms with Gasteiger partial charge in [0.05, 0.1) is 60.6 Å². The van der Waals surface area contributed by atoms with Gasteiger partial charge in [-0.3, -0.25) is 14.8 Å². The van der Waals surface area contributed by atoms with Gasteiger partial charge in [-0.2, -0.15) is 19.3 Å². The maximum absolute atomic E-state index is 12.9. The van der Waals surface area contributed by atoms with Crippen LogP contribution in [0, 0.1) is 51.4 Å². The molecule has 36 heteroatoms. The molecule has 3 amide bonds. The lowest BCUT2D eigenvalue weighted by Gasteiger charge is -2.21. The molecule has 0 atom stereocenters. The summed E-state index contributed by atoms with van der Waals surface area (Å²) in [6.45, 7) is 11.9. The first-order valence-corrected chi connectivity index (χ1v) is 30.4. The zero-order valence-corrected chi connectivity index (χ0v) is 56.6. The van der Waals surface area contributed by atoms with E-state index in [-0.39, 0.29) is 83.7 Å². The Morgan fingerprint density at radius 1 is 0.608 bits per heavy atom. The van der Waals surface area contributed by atoms with Gasteiger partial charge in [-0.1, -0.05) is 70.7 Å². The number of aryl methyl sites for hydroxylation is 4. The first kappa shape index (κ1) is 71.3. The third-order valence-corrected chi connectivity index (χ3v) is 15.4. The minimum Gasteiger partial charge on any atom is -0.496 e. The number of methoxy groups -OCH3 is 2. The quantitative estimate of drug-likeness (QED) is 0.0611. The molecule has 0 saturated heterocycles. The van der Waals surface area contributed by atoms with Crippen LogP contribution in [-0.2, 0) is 36.7 Å². The number of pyridine rings is 2. The van der Waals surface area contributed by atoms with Gasteiger partial charge < -0.3 is 59.4 Å². The number of carbonyl (C=O) groups is 4. The summed E-state index contributed by atoms with van der Waals surface area (Å²) in [4.78, 5) is 110. The summed E-state index contributed by atoms with van der Waals surface area (Å²) in [5.41, 5.74) is 18.2. The van der Waals surface area contributed by atoms with E-state index in [4.69, 9.17) is 58.7 Å². The topological polar surface area (TPSA) is 405 Å². The fourth-order valence-corrected chi connectivity index (χ4v) is 10.2. The number of imidazole rings is 2. The molecule has 34 nitrogen and oxygen atoms in total. The van der Waals surface area contributed by atoms with Gasteiger partial charge in [0.1, 0.15) is 59.0 Å². The largest absolute Gasteiger partial charge is 0.496 e. The van der Waals surface area contributed by atoms with Crippen LogP contribution in [0.1, 0.15) is 98.4 Å². The number of rotatable bonds is 18. The first-order chi connectivity index (χ1) is 46.3. The number of fused-ring (bicyclic) bond motifs is 4. The van der Waals surface area contributed by atoms with Gasteiger partial charge in [0.25, 0.3) is 5.91 Å². The average Bonchev–Trinajstić information content (AvgIpc) is 1.67. The third kappa shape index (κ3) is 16.4. The number of aromatic carboxylic acids is 1. The molecule has 10 heterocycles. The van der Waals surface area contributed by atoms with Crippen molar-refractivity contribution in [2.45, 2.75) is 73.4 Å². The molecule has 0 spiro atoms. The molecule has 0 saturated carbocycles. The van der Waals surface area contributed by atoms with E-state index in [2.05, 4.69) is 91.1 Å². The molecule has 0 aliphatic carbocycles. The molecule has 0 aliphatic rings. The molecule has 0 aromatic carbocycles. The maximum Gasteiger partial charge on any atom is 0.409 e. The molecule has 0 unspecified atom stereocenters. The summed E-state index contributed by atoms with van der Waals surface area (Å²) >= 11 is 12.9. The van der Waals surface area contributed by atoms with E-state index in [9.17, 15) is 28.8 Å². The molecular weight excluding hydrogens is 1300 g/mol. The number of amides is 3. The van der Waals surface area contributed by atoms with Crippen LogP contribution in [0.5, 0.6) is 11.5 Å². The number of nitrogens with two attached hydrogens (primary N) is 2. The normalized spacial score (nSPS) is 10.8. The van der Waals surface area contributed by atoms with Crippen LogP contribution in [0.2, 0.25) is 10.3 Å². The van der Waals surface area contributed by atoms with Crippen LogP contribution in [0.4, 0.5) is 21.5 Å². The zero-order valence-electron chi connectivity index (χ0n) is 55.1. The number of carbonyl (C=O) groups excluding carboxylic acids is 3. The van der Waals surface area contributed by atoms with Crippen molar-refractivity contribution in [3.05, 3.63) is 125 Å². The highest BCUT2D eigenvalue weighted by Gasteiger charge is 2.24. The van der Waals surface area contributed by atoms with Crippen molar-refractivity contribution < 1.29 is 43.2 Å². The number of halogens is 2. The number of hydrogen-bond donors (Lipinski definition) is 3. The van der Waals surface area contributed by atoms with Crippen molar-refractivity contribution in [3.63, 3.8) is 0 Å². The predicted molar refractivity (Wildman–Crippen MR) is 354 cm³/mol. The van der Waals surface area contributed by atoms with Crippen LogP contribution < -0.4 is 32.3 Å². The van der Waals surface area contributed by atoms with E-state index in [1.54, 1.807) is 58.9 Å². The number of hydrogen-bond acceptors (Lipinski definition) is 24. The summed E-state index contributed by atoms with van der Waals surface area (Å²) in [5.74, 6) is 12.2. The second kappa shape index (κ2) is 31.6. The van der Waals surface area contributed by atoms with Gasteiger partial charge >= 0.3 is 29.5 Å². The molecule has 0 fully saturated rings. The monoisotopic (exact) mass is 1370 g/mol. The molecule has 5 N–H and O–H groups in total. The molecule has 0 aliphatic heterocycles. The Kier molecular flexibility index (Phi) is 23.2. The van der Waals surface area contributed by atoms with Crippen LogP contribution in [0.15, 0.2) is 47.0 Å². The maximum atomic E-state index is 12.9. The van der Waals surface area contributed by atoms with Crippen LogP contribution in [-0.4, -0.2) is 200 Å². The summed E-state index contributed by atoms with van der Waals surface area (Å²) in [7, 11) is 10.9. The van der Waals surface area contributed by atoms with Crippen molar-refractivity contribution in [3.8, 4) is 35.2 Å². The molecular formula is C61H69Cl2N23O11. The van der Waals surface area contributed by atoms with E-state index < -0.39 is 29.3 Å². The summed E-state index contributed by atoms with van der Waals surface area (Å²) in [6, 6.07) is 0. The Morgan fingerprint density at radius 2 is 1.03 bits per heavy atom. The van der Waals surface area contributed by atoms with Crippen molar-refractivity contribution >= 4 is 92.5 Å². The Morgan fingerprint density at radius 3 is 1.46 bits per heavy atom. The lowest BCUT2D eigenvalue weighted by atomic mass is 10.1. The van der Waals surface area contributed by atoms with Crippen molar-refractivity contribution in [2.24, 2.45) is 14.1 Å². The Labute approximate surface area is 563 Å². The summed E-state index contributed by atoms with van der Waals surface area (Å²) in [6.07, 6.45) is 11.2. The zero-order chi connectivity index (χ0) is 70.5. The number of anilines is 2. The fourth-order valence-electron chi connectivity index (χ4n) is 9.67. The summed E-state index contributed by atoms with van der Waals surface area (Å²) < 4.78 is 29.7. The highest BCUT2D eigenvalue weighted by Crippen LogP contribution is 2.32. The molecule has 10 aromatic rings. The highest BCUT2D eigenvalue weighted by atomic mass is 35.5. The number of carboxylic acids is 1. The van der Waals surface area contributed by atoms with Crippen molar-refractivity contribution in [1.82, 2.24) is 102 Å². The van der Waals surface area contributed by atoms with Crippen LogP contribution in [0.25, 0.3) is 33.4 Å². The highest BCUT2D eigenvalue weighted by molar-refractivity contribution is 6.35. The Hall–Kier alpha value is -11.5. The standard InChI is InChI=1S/C30H33ClN12O5.C25H31ClN6O3.C6H5N5O3/c1-17-13-33-20(18(2)23(17)47-6)15-42-14-19(21-24(31)35-28(32)36-25(21)42)9-7-8-12-48-30(46)40(4)11-10-39(3)27(44)22-26-37-38-41(5)29(45)43(26)16-34-22;1-6-7-11-31(4)25(33)35-12-9-8-10-18-14-32(23-20(18)22(26)29-24(27)30-23)15-19-17(3)21(34-5)16(2)13-28-19;1-10-6(14)11-2-7-3(5(12)13)4(11)8-9-10/h13-14,16H,8,10-12,15H2,1-6H3,(H2,32,35,36);13-14H,6-7,9,11-12,15H2,1-5H3,(H2,27,29,30);2H,1H3,(H,12,13). The molecule has 0 bridgehead atoms. The number of likely N-dealkylation sites (N-methyl/N-ethyl adjacent to an activating group) is 2. The van der Waals surface area contributed by atoms with Crippen LogP contribution in [0.3, 0.4) is 0 Å². The van der Waals surface area contributed by atoms with Gasteiger partial charge in [-0.25, -0.2) is 52.7 Å². The smallest absolute Gasteiger partial charge is 0.409 e. The number of ether oxygens (including phenoxy) is 4. The van der Waals surface area contributed by atoms with Gasteiger partial charge in [0.2, 0.25) is 11.9 Å². The molecule has 508 valence electrons. The van der Waals surface area contributed by atoms with Gasteiger partial charge in [0.15, 0.2) is 22.7 Å². The van der Waals surface area contributed by atoms with Gasteiger partial charge in [-0.05, 0) is 34.1 Å². The molecule has 10 rings (SSSR count). The molecule has 10 aromatic heterocycles.